The van der Waals surface area contributed by atoms with Crippen molar-refractivity contribution < 1.29 is 13.2 Å². The molecule has 13 heavy (non-hydrogen) atoms. The van der Waals surface area contributed by atoms with Gasteiger partial charge in [-0.25, -0.2) is 0 Å². The molecule has 0 atom stereocenters. The molecule has 1 aromatic heterocycles. The van der Waals surface area contributed by atoms with Crippen LogP contribution < -0.4 is 5.73 Å². The lowest BCUT2D eigenvalue weighted by Crippen LogP contribution is -2.19. The van der Waals surface area contributed by atoms with Crippen LogP contribution in [0.2, 0.25) is 0 Å². The van der Waals surface area contributed by atoms with Crippen molar-refractivity contribution in [2.24, 2.45) is 5.73 Å². The summed E-state index contributed by atoms with van der Waals surface area (Å²) in [6.45, 7) is 1.66. The largest absolute Gasteiger partial charge is 0.451 e. The summed E-state index contributed by atoms with van der Waals surface area (Å²) < 4.78 is 37.6. The van der Waals surface area contributed by atoms with E-state index in [-0.39, 0.29) is 18.9 Å². The maximum atomic E-state index is 12.2. The van der Waals surface area contributed by atoms with Crippen LogP contribution in [0.3, 0.4) is 0 Å². The molecule has 0 aliphatic rings. The van der Waals surface area contributed by atoms with Gasteiger partial charge in [0.05, 0.1) is 0 Å². The molecule has 1 rings (SSSR count). The van der Waals surface area contributed by atoms with Gasteiger partial charge in [-0.2, -0.15) is 13.2 Å². The summed E-state index contributed by atoms with van der Waals surface area (Å²) in [7, 11) is 0. The van der Waals surface area contributed by atoms with Gasteiger partial charge in [-0.05, 0) is 6.92 Å². The van der Waals surface area contributed by atoms with E-state index in [1.165, 1.54) is 6.92 Å². The lowest BCUT2D eigenvalue weighted by atomic mass is 10.5. The monoisotopic (exact) mass is 194 g/mol. The van der Waals surface area contributed by atoms with E-state index in [2.05, 4.69) is 10.2 Å². The fourth-order valence-corrected chi connectivity index (χ4v) is 0.987. The maximum absolute atomic E-state index is 12.2. The fourth-order valence-electron chi connectivity index (χ4n) is 0.987. The molecule has 0 amide bonds. The number of aryl methyl sites for hydroxylation is 1. The van der Waals surface area contributed by atoms with Crippen molar-refractivity contribution in [3.63, 3.8) is 0 Å². The summed E-state index contributed by atoms with van der Waals surface area (Å²) >= 11 is 0. The highest BCUT2D eigenvalue weighted by Crippen LogP contribution is 2.27. The number of hydrogen-bond donors (Lipinski definition) is 1. The third kappa shape index (κ3) is 1.97. The van der Waals surface area contributed by atoms with E-state index in [1.807, 2.05) is 0 Å². The number of rotatable bonds is 2. The minimum atomic E-state index is -4.46. The summed E-state index contributed by atoms with van der Waals surface area (Å²) in [4.78, 5) is 0. The molecule has 1 aromatic rings. The number of aromatic nitrogens is 3. The average Bonchev–Trinajstić information content (AvgIpc) is 2.32. The molecular formula is C6H9F3N4. The van der Waals surface area contributed by atoms with E-state index in [0.29, 0.717) is 0 Å². The molecule has 4 nitrogen and oxygen atoms in total. The molecule has 0 aliphatic heterocycles. The zero-order valence-corrected chi connectivity index (χ0v) is 6.97. The summed E-state index contributed by atoms with van der Waals surface area (Å²) in [6.07, 6.45) is -4.46. The molecule has 0 unspecified atom stereocenters. The van der Waals surface area contributed by atoms with E-state index in [0.717, 1.165) is 4.57 Å². The van der Waals surface area contributed by atoms with Crippen LogP contribution in [-0.2, 0) is 12.7 Å². The number of halogens is 3. The molecular weight excluding hydrogens is 185 g/mol. The molecule has 0 bridgehead atoms. The molecule has 1 heterocycles. The Morgan fingerprint density at radius 2 is 2.00 bits per heavy atom. The molecule has 0 saturated heterocycles. The van der Waals surface area contributed by atoms with Crippen LogP contribution in [0, 0.1) is 6.92 Å². The Labute approximate surface area is 72.6 Å². The van der Waals surface area contributed by atoms with Crippen LogP contribution >= 0.6 is 0 Å². The first-order valence-electron chi connectivity index (χ1n) is 3.64. The van der Waals surface area contributed by atoms with Crippen molar-refractivity contribution in [2.45, 2.75) is 19.6 Å². The first-order valence-corrected chi connectivity index (χ1v) is 3.64. The normalized spacial score (nSPS) is 12.1. The predicted molar refractivity (Wildman–Crippen MR) is 38.8 cm³/mol. The third-order valence-electron chi connectivity index (χ3n) is 1.54. The van der Waals surface area contributed by atoms with Crippen LogP contribution in [-0.4, -0.2) is 21.3 Å². The summed E-state index contributed by atoms with van der Waals surface area (Å²) in [5.74, 6) is -0.770. The van der Waals surface area contributed by atoms with Gasteiger partial charge in [-0.3, -0.25) is 0 Å². The van der Waals surface area contributed by atoms with Crippen molar-refractivity contribution in [1.29, 1.82) is 0 Å². The van der Waals surface area contributed by atoms with E-state index >= 15 is 0 Å². The highest BCUT2D eigenvalue weighted by atomic mass is 19.4. The van der Waals surface area contributed by atoms with E-state index in [9.17, 15) is 13.2 Å². The Morgan fingerprint density at radius 3 is 2.46 bits per heavy atom. The SMILES string of the molecule is Cc1nnc(C(F)(F)F)n1CCN. The Morgan fingerprint density at radius 1 is 1.38 bits per heavy atom. The molecule has 0 aliphatic carbocycles. The van der Waals surface area contributed by atoms with Gasteiger partial charge in [0, 0.05) is 13.1 Å². The van der Waals surface area contributed by atoms with Gasteiger partial charge in [0.2, 0.25) is 5.82 Å². The maximum Gasteiger partial charge on any atom is 0.451 e. The fraction of sp³-hybridized carbons (Fsp3) is 0.667. The van der Waals surface area contributed by atoms with Crippen molar-refractivity contribution in [2.75, 3.05) is 6.54 Å². The molecule has 0 saturated carbocycles. The van der Waals surface area contributed by atoms with Gasteiger partial charge in [0.1, 0.15) is 5.82 Å². The quantitative estimate of drug-likeness (QED) is 0.748. The second kappa shape index (κ2) is 3.33. The molecule has 0 radical (unpaired) electrons. The summed E-state index contributed by atoms with van der Waals surface area (Å²) in [6, 6.07) is 0. The molecule has 0 spiro atoms. The molecule has 0 aromatic carbocycles. The van der Waals surface area contributed by atoms with Crippen LogP contribution in [0.5, 0.6) is 0 Å². The number of alkyl halides is 3. The minimum Gasteiger partial charge on any atom is -0.329 e. The topological polar surface area (TPSA) is 56.7 Å². The standard InChI is InChI=1S/C6H9F3N4/c1-4-11-12-5(6(7,8)9)13(4)3-2-10/h2-3,10H2,1H3. The van der Waals surface area contributed by atoms with Gasteiger partial charge in [-0.1, -0.05) is 0 Å². The van der Waals surface area contributed by atoms with Gasteiger partial charge < -0.3 is 10.3 Å². The smallest absolute Gasteiger partial charge is 0.329 e. The lowest BCUT2D eigenvalue weighted by Gasteiger charge is -2.08. The van der Waals surface area contributed by atoms with Crippen molar-refractivity contribution in [3.05, 3.63) is 11.6 Å². The van der Waals surface area contributed by atoms with Gasteiger partial charge in [0.25, 0.3) is 0 Å². The number of nitrogens with two attached hydrogens (primary N) is 1. The van der Waals surface area contributed by atoms with Crippen molar-refractivity contribution in [3.8, 4) is 0 Å². The third-order valence-corrected chi connectivity index (χ3v) is 1.54. The second-order valence-electron chi connectivity index (χ2n) is 2.51. The van der Waals surface area contributed by atoms with Crippen LogP contribution in [0.1, 0.15) is 11.6 Å². The first kappa shape index (κ1) is 9.97. The summed E-state index contributed by atoms with van der Waals surface area (Å²) in [5.41, 5.74) is 5.16. The molecule has 74 valence electrons. The van der Waals surface area contributed by atoms with Gasteiger partial charge >= 0.3 is 6.18 Å². The predicted octanol–water partition coefficient (Wildman–Crippen LogP) is 0.564. The zero-order chi connectivity index (χ0) is 10.1. The Kier molecular flexibility index (Phi) is 2.55. The van der Waals surface area contributed by atoms with Crippen LogP contribution in [0.25, 0.3) is 0 Å². The van der Waals surface area contributed by atoms with Gasteiger partial charge in [-0.15, -0.1) is 10.2 Å². The average molecular weight is 194 g/mol. The molecule has 0 fully saturated rings. The highest BCUT2D eigenvalue weighted by Gasteiger charge is 2.37. The summed E-state index contributed by atoms with van der Waals surface area (Å²) in [5, 5.41) is 6.38. The zero-order valence-electron chi connectivity index (χ0n) is 6.97. The molecule has 7 heteroatoms. The molecule has 2 N–H and O–H groups in total. The number of nitrogens with zero attached hydrogens (tertiary/aromatic N) is 3. The Balaban J connectivity index is 3.07. The van der Waals surface area contributed by atoms with Gasteiger partial charge in [0.15, 0.2) is 0 Å². The van der Waals surface area contributed by atoms with E-state index < -0.39 is 12.0 Å². The second-order valence-corrected chi connectivity index (χ2v) is 2.51. The number of hydrogen-bond acceptors (Lipinski definition) is 3. The lowest BCUT2D eigenvalue weighted by molar-refractivity contribution is -0.147. The minimum absolute atomic E-state index is 0.0771. The highest BCUT2D eigenvalue weighted by molar-refractivity contribution is 4.97. The van der Waals surface area contributed by atoms with Crippen LogP contribution in [0.4, 0.5) is 13.2 Å². The van der Waals surface area contributed by atoms with Crippen molar-refractivity contribution in [1.82, 2.24) is 14.8 Å². The van der Waals surface area contributed by atoms with Crippen molar-refractivity contribution >= 4 is 0 Å². The first-order chi connectivity index (χ1) is 5.96. The van der Waals surface area contributed by atoms with E-state index in [4.69, 9.17) is 5.73 Å². The van der Waals surface area contributed by atoms with Crippen LogP contribution in [0.15, 0.2) is 0 Å². The Bertz CT molecular complexity index is 291. The van der Waals surface area contributed by atoms with E-state index in [1.54, 1.807) is 0 Å². The Hall–Kier alpha value is -1.11.